The Bertz CT molecular complexity index is 505. The van der Waals surface area contributed by atoms with E-state index in [1.807, 2.05) is 22.6 Å². The van der Waals surface area contributed by atoms with Gasteiger partial charge in [-0.25, -0.2) is 0 Å². The van der Waals surface area contributed by atoms with Gasteiger partial charge in [0.25, 0.3) is 5.91 Å². The van der Waals surface area contributed by atoms with E-state index in [9.17, 15) is 9.90 Å². The molecule has 1 unspecified atom stereocenters. The summed E-state index contributed by atoms with van der Waals surface area (Å²) in [5.41, 5.74) is 5.81. The van der Waals surface area contributed by atoms with Crippen molar-refractivity contribution in [3.05, 3.63) is 27.3 Å². The molecule has 104 valence electrons. The summed E-state index contributed by atoms with van der Waals surface area (Å²) in [6, 6.07) is 4.53. The average Bonchev–Trinajstić information content (AvgIpc) is 2.39. The van der Waals surface area contributed by atoms with Crippen LogP contribution in [0.3, 0.4) is 0 Å². The molecule has 6 nitrogen and oxygen atoms in total. The third kappa shape index (κ3) is 3.98. The molecule has 0 radical (unpaired) electrons. The number of amides is 1. The molecule has 0 saturated carbocycles. The van der Waals surface area contributed by atoms with Crippen molar-refractivity contribution in [3.8, 4) is 5.75 Å². The summed E-state index contributed by atoms with van der Waals surface area (Å²) < 4.78 is 0.682. The van der Waals surface area contributed by atoms with Crippen LogP contribution in [0, 0.1) is 3.57 Å². The summed E-state index contributed by atoms with van der Waals surface area (Å²) in [4.78, 5) is 13.7. The van der Waals surface area contributed by atoms with Gasteiger partial charge in [0.1, 0.15) is 11.6 Å². The number of benzene rings is 1. The second kappa shape index (κ2) is 6.60. The lowest BCUT2D eigenvalue weighted by Gasteiger charge is -2.24. The Kier molecular flexibility index (Phi) is 5.40. The van der Waals surface area contributed by atoms with Crippen LogP contribution >= 0.6 is 22.6 Å². The molecule has 0 aliphatic heterocycles. The van der Waals surface area contributed by atoms with E-state index in [0.29, 0.717) is 9.13 Å². The lowest BCUT2D eigenvalue weighted by Crippen LogP contribution is -2.37. The molecular formula is C12H16IN3O3. The summed E-state index contributed by atoms with van der Waals surface area (Å²) in [7, 11) is 1.63. The Hall–Kier alpha value is -1.51. The largest absolute Gasteiger partial charge is 0.507 e. The fourth-order valence-electron chi connectivity index (χ4n) is 1.53. The number of halogens is 1. The summed E-state index contributed by atoms with van der Waals surface area (Å²) in [6.07, 6.45) is 0.273. The highest BCUT2D eigenvalue weighted by molar-refractivity contribution is 14.1. The minimum absolute atomic E-state index is 0.0672. The Morgan fingerprint density at radius 1 is 1.58 bits per heavy atom. The van der Waals surface area contributed by atoms with Crippen LogP contribution in [0.15, 0.2) is 23.4 Å². The maximum Gasteiger partial charge on any atom is 0.253 e. The number of oxime groups is 1. The molecule has 0 aromatic heterocycles. The molecule has 1 rings (SSSR count). The van der Waals surface area contributed by atoms with E-state index in [0.717, 1.165) is 0 Å². The topological polar surface area (TPSA) is 99.2 Å². The lowest BCUT2D eigenvalue weighted by atomic mass is 10.1. The first-order chi connectivity index (χ1) is 8.86. The van der Waals surface area contributed by atoms with Gasteiger partial charge in [0, 0.05) is 25.1 Å². The molecule has 19 heavy (non-hydrogen) atoms. The number of nitrogens with two attached hydrogens (primary N) is 1. The molecule has 1 aromatic carbocycles. The van der Waals surface area contributed by atoms with E-state index in [2.05, 4.69) is 5.16 Å². The Labute approximate surface area is 125 Å². The third-order valence-electron chi connectivity index (χ3n) is 2.81. The van der Waals surface area contributed by atoms with Gasteiger partial charge >= 0.3 is 0 Å². The second-order valence-electron chi connectivity index (χ2n) is 4.23. The first kappa shape index (κ1) is 15.5. The van der Waals surface area contributed by atoms with Crippen molar-refractivity contribution in [2.24, 2.45) is 10.9 Å². The highest BCUT2D eigenvalue weighted by Gasteiger charge is 2.19. The third-order valence-corrected chi connectivity index (χ3v) is 3.72. The Morgan fingerprint density at radius 3 is 2.74 bits per heavy atom. The van der Waals surface area contributed by atoms with Gasteiger partial charge < -0.3 is 20.9 Å². The molecule has 1 aromatic rings. The van der Waals surface area contributed by atoms with Gasteiger partial charge in [0.05, 0.1) is 3.57 Å². The van der Waals surface area contributed by atoms with Crippen molar-refractivity contribution in [2.45, 2.75) is 19.4 Å². The van der Waals surface area contributed by atoms with Crippen LogP contribution in [0.5, 0.6) is 5.75 Å². The van der Waals surface area contributed by atoms with Crippen LogP contribution in [-0.2, 0) is 0 Å². The zero-order valence-corrected chi connectivity index (χ0v) is 12.8. The van der Waals surface area contributed by atoms with Crippen LogP contribution in [0.4, 0.5) is 0 Å². The number of amidine groups is 1. The predicted octanol–water partition coefficient (Wildman–Crippen LogP) is 1.59. The first-order valence-corrected chi connectivity index (χ1v) is 6.66. The van der Waals surface area contributed by atoms with E-state index < -0.39 is 0 Å². The number of nitrogens with zero attached hydrogens (tertiary/aromatic N) is 2. The molecule has 0 bridgehead atoms. The van der Waals surface area contributed by atoms with Crippen LogP contribution in [0.1, 0.15) is 23.7 Å². The quantitative estimate of drug-likeness (QED) is 0.244. The van der Waals surface area contributed by atoms with Crippen LogP contribution in [0.2, 0.25) is 0 Å². The number of hydrogen-bond acceptors (Lipinski definition) is 4. The Morgan fingerprint density at radius 2 is 2.21 bits per heavy atom. The van der Waals surface area contributed by atoms with E-state index in [1.54, 1.807) is 26.1 Å². The van der Waals surface area contributed by atoms with Crippen LogP contribution < -0.4 is 5.73 Å². The van der Waals surface area contributed by atoms with Crippen molar-refractivity contribution in [1.82, 2.24) is 4.90 Å². The van der Waals surface area contributed by atoms with E-state index >= 15 is 0 Å². The number of hydrogen-bond donors (Lipinski definition) is 3. The fraction of sp³-hybridized carbons (Fsp3) is 0.333. The second-order valence-corrected chi connectivity index (χ2v) is 5.39. The highest BCUT2D eigenvalue weighted by Crippen LogP contribution is 2.21. The highest BCUT2D eigenvalue weighted by atomic mass is 127. The molecule has 0 heterocycles. The van der Waals surface area contributed by atoms with Crippen molar-refractivity contribution >= 4 is 34.3 Å². The summed E-state index contributed by atoms with van der Waals surface area (Å²) >= 11 is 1.98. The number of aromatic hydroxyl groups is 1. The fourth-order valence-corrected chi connectivity index (χ4v) is 1.87. The maximum absolute atomic E-state index is 12.2. The standard InChI is InChI=1S/C12H16IN3O3/c1-7(5-11(14)15-19)16(2)12(18)8-3-4-9(13)10(17)6-8/h3-4,6-7,17,19H,5H2,1-2H3,(H2,14,15). The van der Waals surface area contributed by atoms with Gasteiger partial charge in [-0.15, -0.1) is 0 Å². The summed E-state index contributed by atoms with van der Waals surface area (Å²) in [5.74, 6) is -0.0912. The maximum atomic E-state index is 12.2. The molecular weight excluding hydrogens is 361 g/mol. The SMILES string of the molecule is CC(C/C(N)=N/O)N(C)C(=O)c1ccc(I)c(O)c1. The monoisotopic (exact) mass is 377 g/mol. The number of phenolic OH excluding ortho intramolecular Hbond substituents is 1. The first-order valence-electron chi connectivity index (χ1n) is 5.59. The van der Waals surface area contributed by atoms with Crippen LogP contribution in [-0.4, -0.2) is 40.0 Å². The molecule has 0 aliphatic carbocycles. The zero-order valence-electron chi connectivity index (χ0n) is 10.7. The number of phenols is 1. The normalized spacial score (nSPS) is 13.1. The number of rotatable bonds is 4. The molecule has 7 heteroatoms. The minimum atomic E-state index is -0.232. The molecule has 0 fully saturated rings. The van der Waals surface area contributed by atoms with E-state index in [-0.39, 0.29) is 30.0 Å². The average molecular weight is 377 g/mol. The molecule has 0 saturated heterocycles. The molecule has 4 N–H and O–H groups in total. The van der Waals surface area contributed by atoms with Gasteiger partial charge in [0.2, 0.25) is 0 Å². The predicted molar refractivity (Wildman–Crippen MR) is 80.4 cm³/mol. The van der Waals surface area contributed by atoms with Gasteiger partial charge in [-0.2, -0.15) is 0 Å². The van der Waals surface area contributed by atoms with Crippen molar-refractivity contribution < 1.29 is 15.1 Å². The van der Waals surface area contributed by atoms with Crippen molar-refractivity contribution in [3.63, 3.8) is 0 Å². The molecule has 0 spiro atoms. The van der Waals surface area contributed by atoms with Crippen molar-refractivity contribution in [1.29, 1.82) is 0 Å². The van der Waals surface area contributed by atoms with Gasteiger partial charge in [-0.3, -0.25) is 4.79 Å². The summed E-state index contributed by atoms with van der Waals surface area (Å²) in [6.45, 7) is 1.79. The van der Waals surface area contributed by atoms with E-state index in [1.165, 1.54) is 11.0 Å². The minimum Gasteiger partial charge on any atom is -0.507 e. The Balaban J connectivity index is 2.84. The molecule has 0 aliphatic rings. The number of carbonyl (C=O) groups is 1. The zero-order chi connectivity index (χ0) is 14.6. The molecule has 1 atom stereocenters. The number of carbonyl (C=O) groups excluding carboxylic acids is 1. The van der Waals surface area contributed by atoms with Crippen molar-refractivity contribution in [2.75, 3.05) is 7.05 Å². The van der Waals surface area contributed by atoms with Gasteiger partial charge in [-0.05, 0) is 47.7 Å². The van der Waals surface area contributed by atoms with E-state index in [4.69, 9.17) is 10.9 Å². The smallest absolute Gasteiger partial charge is 0.253 e. The lowest BCUT2D eigenvalue weighted by molar-refractivity contribution is 0.0746. The van der Waals surface area contributed by atoms with Gasteiger partial charge in [-0.1, -0.05) is 5.16 Å². The summed E-state index contributed by atoms with van der Waals surface area (Å²) in [5, 5.41) is 21.0. The molecule has 1 amide bonds. The van der Waals surface area contributed by atoms with Crippen LogP contribution in [0.25, 0.3) is 0 Å². The van der Waals surface area contributed by atoms with Gasteiger partial charge in [0.15, 0.2) is 0 Å².